The van der Waals surface area contributed by atoms with Crippen LogP contribution in [0.1, 0.15) is 51.5 Å². The van der Waals surface area contributed by atoms with Gasteiger partial charge in [-0.1, -0.05) is 32.9 Å². The summed E-state index contributed by atoms with van der Waals surface area (Å²) in [5, 5.41) is 16.6. The van der Waals surface area contributed by atoms with Crippen LogP contribution in [0.25, 0.3) is 11.0 Å². The van der Waals surface area contributed by atoms with E-state index in [-0.39, 0.29) is 10.9 Å². The Morgan fingerprint density at radius 1 is 1.45 bits per heavy atom. The Bertz CT molecular complexity index is 870. The fraction of sp³-hybridized carbons (Fsp3) is 0.471. The van der Waals surface area contributed by atoms with E-state index >= 15 is 0 Å². The van der Waals surface area contributed by atoms with Gasteiger partial charge in [-0.05, 0) is 36.8 Å². The highest BCUT2D eigenvalue weighted by Gasteiger charge is 2.43. The molecule has 22 heavy (non-hydrogen) atoms. The van der Waals surface area contributed by atoms with Gasteiger partial charge in [-0.25, -0.2) is 0 Å². The molecule has 1 aromatic heterocycles. The zero-order valence-electron chi connectivity index (χ0n) is 13.3. The normalized spacial score (nSPS) is 17.4. The number of aromatic nitrogens is 2. The van der Waals surface area contributed by atoms with Crippen LogP contribution in [-0.2, 0) is 0 Å². The fourth-order valence-corrected chi connectivity index (χ4v) is 2.83. The van der Waals surface area contributed by atoms with Gasteiger partial charge in [0.1, 0.15) is 5.84 Å². The van der Waals surface area contributed by atoms with E-state index in [4.69, 9.17) is 10.8 Å². The van der Waals surface area contributed by atoms with Gasteiger partial charge in [0.2, 0.25) is 0 Å². The van der Waals surface area contributed by atoms with Crippen LogP contribution in [-0.4, -0.2) is 15.4 Å². The molecule has 0 aliphatic heterocycles. The first-order valence-corrected chi connectivity index (χ1v) is 7.81. The van der Waals surface area contributed by atoms with E-state index in [1.165, 1.54) is 4.57 Å². The fourth-order valence-electron chi connectivity index (χ4n) is 2.83. The number of aromatic amines is 1. The minimum Gasteiger partial charge on any atom is -0.317 e. The SMILES string of the molecule is CC[C@@H](C)c1cccc2c1[nH]c(=O)c(=N)n2C(=N)C1(C)CC1. The molecule has 0 radical (unpaired) electrons. The van der Waals surface area contributed by atoms with Crippen LogP contribution >= 0.6 is 0 Å². The van der Waals surface area contributed by atoms with Crippen molar-refractivity contribution >= 4 is 16.9 Å². The van der Waals surface area contributed by atoms with Crippen molar-refractivity contribution in [2.45, 2.75) is 46.0 Å². The molecule has 1 heterocycles. The highest BCUT2D eigenvalue weighted by molar-refractivity contribution is 5.96. The predicted molar refractivity (Wildman–Crippen MR) is 87.6 cm³/mol. The second-order valence-electron chi connectivity index (χ2n) is 6.60. The zero-order valence-corrected chi connectivity index (χ0v) is 13.3. The highest BCUT2D eigenvalue weighted by atomic mass is 16.1. The maximum absolute atomic E-state index is 12.2. The van der Waals surface area contributed by atoms with Crippen molar-refractivity contribution in [1.82, 2.24) is 9.55 Å². The van der Waals surface area contributed by atoms with Crippen LogP contribution in [0.4, 0.5) is 0 Å². The lowest BCUT2D eigenvalue weighted by atomic mass is 9.97. The molecule has 1 atom stereocenters. The lowest BCUT2D eigenvalue weighted by molar-refractivity contribution is 0.729. The number of para-hydroxylation sites is 1. The molecule has 0 saturated heterocycles. The summed E-state index contributed by atoms with van der Waals surface area (Å²) in [6.07, 6.45) is 2.86. The summed E-state index contributed by atoms with van der Waals surface area (Å²) < 4.78 is 1.52. The molecule has 1 aliphatic carbocycles. The van der Waals surface area contributed by atoms with E-state index in [0.717, 1.165) is 35.9 Å². The largest absolute Gasteiger partial charge is 0.317 e. The van der Waals surface area contributed by atoms with Gasteiger partial charge in [0.05, 0.1) is 11.0 Å². The van der Waals surface area contributed by atoms with E-state index in [0.29, 0.717) is 11.8 Å². The first-order chi connectivity index (χ1) is 10.4. The Morgan fingerprint density at radius 3 is 2.73 bits per heavy atom. The number of hydrogen-bond acceptors (Lipinski definition) is 3. The van der Waals surface area contributed by atoms with Gasteiger partial charge in [-0.3, -0.25) is 20.2 Å². The highest BCUT2D eigenvalue weighted by Crippen LogP contribution is 2.46. The zero-order chi connectivity index (χ0) is 16.1. The molecule has 0 bridgehead atoms. The average molecular weight is 298 g/mol. The number of nitrogens with zero attached hydrogens (tertiary/aromatic N) is 1. The van der Waals surface area contributed by atoms with Crippen LogP contribution in [0.2, 0.25) is 0 Å². The lowest BCUT2D eigenvalue weighted by Crippen LogP contribution is -2.42. The molecule has 0 amide bonds. The Labute approximate surface area is 129 Å². The minimum absolute atomic E-state index is 0.160. The standard InChI is InChI=1S/C17H22N4O/c1-4-10(2)11-6-5-7-12-13(11)20-15(22)14(18)21(12)16(19)17(3)8-9-17/h5-7,10,18-19H,4,8-9H2,1-3H3,(H,20,22)/t10-/m1/s1. The van der Waals surface area contributed by atoms with Crippen LogP contribution in [0.5, 0.6) is 0 Å². The monoisotopic (exact) mass is 298 g/mol. The second-order valence-corrected chi connectivity index (χ2v) is 6.60. The lowest BCUT2D eigenvalue weighted by Gasteiger charge is -2.19. The van der Waals surface area contributed by atoms with Gasteiger partial charge in [-0.2, -0.15) is 0 Å². The van der Waals surface area contributed by atoms with Crippen LogP contribution < -0.4 is 11.0 Å². The topological polar surface area (TPSA) is 85.5 Å². The van der Waals surface area contributed by atoms with Crippen molar-refractivity contribution < 1.29 is 0 Å². The van der Waals surface area contributed by atoms with Gasteiger partial charge >= 0.3 is 0 Å². The molecule has 1 aliphatic rings. The third kappa shape index (κ3) is 2.12. The summed E-state index contributed by atoms with van der Waals surface area (Å²) in [5.41, 5.74) is 1.78. The molecular weight excluding hydrogens is 276 g/mol. The molecule has 0 spiro atoms. The van der Waals surface area contributed by atoms with E-state index in [2.05, 4.69) is 18.8 Å². The molecule has 0 unspecified atom stereocenters. The number of fused-ring (bicyclic) bond motifs is 1. The second kappa shape index (κ2) is 4.93. The summed E-state index contributed by atoms with van der Waals surface area (Å²) in [6.45, 7) is 6.26. The van der Waals surface area contributed by atoms with Crippen LogP contribution in [0, 0.1) is 16.2 Å². The third-order valence-electron chi connectivity index (χ3n) is 4.93. The molecule has 116 valence electrons. The molecule has 3 rings (SSSR count). The Morgan fingerprint density at radius 2 is 2.14 bits per heavy atom. The summed E-state index contributed by atoms with van der Waals surface area (Å²) in [4.78, 5) is 15.1. The van der Waals surface area contributed by atoms with Crippen molar-refractivity contribution in [3.05, 3.63) is 39.6 Å². The maximum atomic E-state index is 12.2. The first kappa shape index (κ1) is 14.8. The molecule has 5 heteroatoms. The van der Waals surface area contributed by atoms with Crippen molar-refractivity contribution in [2.24, 2.45) is 5.41 Å². The molecule has 3 N–H and O–H groups in total. The Hall–Kier alpha value is -2.17. The summed E-state index contributed by atoms with van der Waals surface area (Å²) in [5.74, 6) is 0.671. The molecule has 1 aromatic carbocycles. The van der Waals surface area contributed by atoms with Gasteiger partial charge < -0.3 is 4.98 Å². The Kier molecular flexibility index (Phi) is 3.31. The number of H-pyrrole nitrogens is 1. The van der Waals surface area contributed by atoms with Crippen molar-refractivity contribution in [1.29, 1.82) is 10.8 Å². The van der Waals surface area contributed by atoms with Crippen LogP contribution in [0.15, 0.2) is 23.0 Å². The summed E-state index contributed by atoms with van der Waals surface area (Å²) >= 11 is 0. The Balaban J connectivity index is 2.37. The predicted octanol–water partition coefficient (Wildman–Crippen LogP) is 2.95. The number of hydrogen-bond donors (Lipinski definition) is 3. The molecule has 5 nitrogen and oxygen atoms in total. The van der Waals surface area contributed by atoms with Crippen molar-refractivity contribution in [3.63, 3.8) is 0 Å². The van der Waals surface area contributed by atoms with Crippen molar-refractivity contribution in [3.8, 4) is 0 Å². The number of nitrogens with one attached hydrogen (secondary N) is 3. The maximum Gasteiger partial charge on any atom is 0.291 e. The third-order valence-corrected chi connectivity index (χ3v) is 4.93. The van der Waals surface area contributed by atoms with Crippen molar-refractivity contribution in [2.75, 3.05) is 0 Å². The number of benzene rings is 1. The van der Waals surface area contributed by atoms with Gasteiger partial charge in [0.25, 0.3) is 5.56 Å². The first-order valence-electron chi connectivity index (χ1n) is 7.81. The number of rotatable bonds is 3. The van der Waals surface area contributed by atoms with E-state index < -0.39 is 5.56 Å². The minimum atomic E-state index is -0.433. The van der Waals surface area contributed by atoms with E-state index in [1.54, 1.807) is 0 Å². The van der Waals surface area contributed by atoms with Gasteiger partial charge in [0, 0.05) is 5.41 Å². The van der Waals surface area contributed by atoms with Gasteiger partial charge in [0.15, 0.2) is 5.49 Å². The molecule has 1 fully saturated rings. The van der Waals surface area contributed by atoms with E-state index in [9.17, 15) is 4.79 Å². The van der Waals surface area contributed by atoms with Crippen LogP contribution in [0.3, 0.4) is 0 Å². The average Bonchev–Trinajstić information content (AvgIpc) is 3.26. The molecular formula is C17H22N4O. The smallest absolute Gasteiger partial charge is 0.291 e. The quantitative estimate of drug-likeness (QED) is 0.590. The van der Waals surface area contributed by atoms with E-state index in [1.807, 2.05) is 25.1 Å². The molecule has 1 saturated carbocycles. The summed E-state index contributed by atoms with van der Waals surface area (Å²) in [7, 11) is 0. The molecule has 2 aromatic rings. The van der Waals surface area contributed by atoms with Gasteiger partial charge in [-0.15, -0.1) is 0 Å². The summed E-state index contributed by atoms with van der Waals surface area (Å²) in [6, 6.07) is 5.85.